The molecule has 3 aromatic rings. The number of aromatic nitrogens is 2. The number of nitrogens with zero attached hydrogens (tertiary/aromatic N) is 2. The van der Waals surface area contributed by atoms with Crippen molar-refractivity contribution in [3.8, 4) is 11.4 Å². The summed E-state index contributed by atoms with van der Waals surface area (Å²) in [6.07, 6.45) is 0.145. The minimum absolute atomic E-state index is 0.0226. The molecular formula is C19H18N2O4S. The fraction of sp³-hybridized carbons (Fsp3) is 0.263. The van der Waals surface area contributed by atoms with Crippen molar-refractivity contribution in [2.24, 2.45) is 0 Å². The molecule has 0 aliphatic rings. The fourth-order valence-electron chi connectivity index (χ4n) is 2.27. The molecule has 0 bridgehead atoms. The summed E-state index contributed by atoms with van der Waals surface area (Å²) in [6, 6.07) is 11.4. The van der Waals surface area contributed by atoms with Crippen LogP contribution in [0.25, 0.3) is 11.4 Å². The van der Waals surface area contributed by atoms with E-state index in [9.17, 15) is 9.59 Å². The highest BCUT2D eigenvalue weighted by Gasteiger charge is 2.14. The third kappa shape index (κ3) is 4.64. The first kappa shape index (κ1) is 18.0. The second-order valence-corrected chi connectivity index (χ2v) is 7.16. The summed E-state index contributed by atoms with van der Waals surface area (Å²) in [7, 11) is 0. The van der Waals surface area contributed by atoms with Gasteiger partial charge in [-0.05, 0) is 26.0 Å². The van der Waals surface area contributed by atoms with E-state index in [1.165, 1.54) is 11.3 Å². The van der Waals surface area contributed by atoms with Crippen molar-refractivity contribution in [3.63, 3.8) is 0 Å². The summed E-state index contributed by atoms with van der Waals surface area (Å²) in [4.78, 5) is 29.7. The monoisotopic (exact) mass is 370 g/mol. The molecule has 26 heavy (non-hydrogen) atoms. The van der Waals surface area contributed by atoms with Crippen molar-refractivity contribution in [2.45, 2.75) is 33.3 Å². The number of hydrogen-bond acceptors (Lipinski definition) is 7. The van der Waals surface area contributed by atoms with Gasteiger partial charge in [-0.3, -0.25) is 9.59 Å². The Morgan fingerprint density at radius 1 is 1.08 bits per heavy atom. The lowest BCUT2D eigenvalue weighted by Crippen LogP contribution is -2.07. The molecule has 0 aliphatic heterocycles. The van der Waals surface area contributed by atoms with Gasteiger partial charge in [-0.2, -0.15) is 4.98 Å². The maximum Gasteiger partial charge on any atom is 0.306 e. The summed E-state index contributed by atoms with van der Waals surface area (Å²) in [5.41, 5.74) is 1.97. The number of rotatable bonds is 7. The zero-order chi connectivity index (χ0) is 18.5. The Kier molecular flexibility index (Phi) is 5.58. The maximum absolute atomic E-state index is 12.0. The van der Waals surface area contributed by atoms with E-state index in [-0.39, 0.29) is 31.1 Å². The van der Waals surface area contributed by atoms with Crippen molar-refractivity contribution in [3.05, 3.63) is 57.6 Å². The average Bonchev–Trinajstić information content (AvgIpc) is 3.27. The number of hydrogen-bond donors (Lipinski definition) is 0. The molecule has 0 aliphatic carbocycles. The molecule has 0 fully saturated rings. The molecule has 1 aromatic carbocycles. The molecule has 0 atom stereocenters. The van der Waals surface area contributed by atoms with Crippen LogP contribution in [0.3, 0.4) is 0 Å². The highest BCUT2D eigenvalue weighted by molar-refractivity contribution is 7.14. The predicted molar refractivity (Wildman–Crippen MR) is 96.9 cm³/mol. The highest BCUT2D eigenvalue weighted by Crippen LogP contribution is 2.18. The largest absolute Gasteiger partial charge is 0.456 e. The second kappa shape index (κ2) is 8.05. The van der Waals surface area contributed by atoms with Gasteiger partial charge >= 0.3 is 5.97 Å². The van der Waals surface area contributed by atoms with E-state index in [4.69, 9.17) is 9.26 Å². The van der Waals surface area contributed by atoms with Crippen LogP contribution in [0.2, 0.25) is 0 Å². The van der Waals surface area contributed by atoms with E-state index in [1.54, 1.807) is 6.07 Å². The standard InChI is InChI=1S/C19H18N2O4S/c1-12-3-6-14(7-4-12)19-20-17(25-21-19)11-24-18(23)10-8-15(22)16-9-5-13(2)26-16/h3-7,9H,8,10-11H2,1-2H3. The highest BCUT2D eigenvalue weighted by atomic mass is 32.1. The lowest BCUT2D eigenvalue weighted by atomic mass is 10.1. The molecule has 0 radical (unpaired) electrons. The van der Waals surface area contributed by atoms with Gasteiger partial charge in [0.1, 0.15) is 0 Å². The number of Topliss-reactive ketones (excluding diaryl/α,β-unsaturated/α-hetero) is 1. The van der Waals surface area contributed by atoms with Crippen molar-refractivity contribution in [2.75, 3.05) is 0 Å². The molecule has 0 unspecified atom stereocenters. The zero-order valence-electron chi connectivity index (χ0n) is 14.5. The molecule has 0 saturated carbocycles. The number of carbonyl (C=O) groups excluding carboxylic acids is 2. The van der Waals surface area contributed by atoms with Crippen LogP contribution in [0.5, 0.6) is 0 Å². The Bertz CT molecular complexity index is 912. The zero-order valence-corrected chi connectivity index (χ0v) is 15.3. The minimum atomic E-state index is -0.471. The lowest BCUT2D eigenvalue weighted by molar-refractivity contribution is -0.145. The first-order valence-electron chi connectivity index (χ1n) is 8.16. The molecule has 7 heteroatoms. The molecular weight excluding hydrogens is 352 g/mol. The topological polar surface area (TPSA) is 82.3 Å². The van der Waals surface area contributed by atoms with E-state index in [1.807, 2.05) is 44.2 Å². The van der Waals surface area contributed by atoms with E-state index >= 15 is 0 Å². The van der Waals surface area contributed by atoms with Crippen LogP contribution in [0.4, 0.5) is 0 Å². The predicted octanol–water partition coefficient (Wildman–Crippen LogP) is 4.12. The van der Waals surface area contributed by atoms with Crippen molar-refractivity contribution < 1.29 is 18.8 Å². The Morgan fingerprint density at radius 3 is 2.54 bits per heavy atom. The Morgan fingerprint density at radius 2 is 1.85 bits per heavy atom. The average molecular weight is 370 g/mol. The number of ketones is 1. The molecule has 3 rings (SSSR count). The van der Waals surface area contributed by atoms with Gasteiger partial charge < -0.3 is 9.26 Å². The van der Waals surface area contributed by atoms with Crippen LogP contribution >= 0.6 is 11.3 Å². The smallest absolute Gasteiger partial charge is 0.306 e. The Hall–Kier alpha value is -2.80. The van der Waals surface area contributed by atoms with Crippen molar-refractivity contribution in [1.82, 2.24) is 10.1 Å². The van der Waals surface area contributed by atoms with Crippen LogP contribution in [0.1, 0.15) is 38.8 Å². The van der Waals surface area contributed by atoms with Gasteiger partial charge in [-0.25, -0.2) is 0 Å². The van der Waals surface area contributed by atoms with Gasteiger partial charge in [0.2, 0.25) is 5.82 Å². The Balaban J connectivity index is 1.47. The number of thiophene rings is 1. The van der Waals surface area contributed by atoms with Crippen LogP contribution in [-0.2, 0) is 16.1 Å². The summed E-state index contributed by atoms with van der Waals surface area (Å²) >= 11 is 1.42. The van der Waals surface area contributed by atoms with Gasteiger partial charge in [0.05, 0.1) is 11.3 Å². The van der Waals surface area contributed by atoms with Crippen LogP contribution in [0, 0.1) is 13.8 Å². The fourth-order valence-corrected chi connectivity index (χ4v) is 3.11. The first-order valence-corrected chi connectivity index (χ1v) is 8.98. The van der Waals surface area contributed by atoms with Crippen molar-refractivity contribution >= 4 is 23.1 Å². The van der Waals surface area contributed by atoms with E-state index in [0.29, 0.717) is 10.7 Å². The summed E-state index contributed by atoms with van der Waals surface area (Å²) in [6.45, 7) is 3.82. The molecule has 134 valence electrons. The summed E-state index contributed by atoms with van der Waals surface area (Å²) in [5.74, 6) is 0.134. The lowest BCUT2D eigenvalue weighted by Gasteiger charge is -2.01. The molecule has 0 spiro atoms. The molecule has 6 nitrogen and oxygen atoms in total. The van der Waals surface area contributed by atoms with E-state index < -0.39 is 5.97 Å². The number of aryl methyl sites for hydroxylation is 2. The second-order valence-electron chi connectivity index (χ2n) is 5.87. The van der Waals surface area contributed by atoms with Gasteiger partial charge in [-0.15, -0.1) is 11.3 Å². The summed E-state index contributed by atoms with van der Waals surface area (Å²) in [5, 5.41) is 3.88. The number of benzene rings is 1. The quantitative estimate of drug-likeness (QED) is 0.459. The molecule has 0 N–H and O–H groups in total. The van der Waals surface area contributed by atoms with E-state index in [0.717, 1.165) is 16.0 Å². The third-order valence-corrected chi connectivity index (χ3v) is 4.75. The van der Waals surface area contributed by atoms with Crippen LogP contribution in [-0.4, -0.2) is 21.9 Å². The minimum Gasteiger partial charge on any atom is -0.456 e. The molecule has 2 aromatic heterocycles. The molecule has 0 saturated heterocycles. The maximum atomic E-state index is 12.0. The van der Waals surface area contributed by atoms with Gasteiger partial charge in [0, 0.05) is 16.9 Å². The van der Waals surface area contributed by atoms with Gasteiger partial charge in [0.25, 0.3) is 5.89 Å². The Labute approximate surface area is 154 Å². The molecule has 0 amide bonds. The summed E-state index contributed by atoms with van der Waals surface area (Å²) < 4.78 is 10.2. The van der Waals surface area contributed by atoms with Crippen LogP contribution in [0.15, 0.2) is 40.9 Å². The first-order chi connectivity index (χ1) is 12.5. The number of carbonyl (C=O) groups is 2. The third-order valence-electron chi connectivity index (χ3n) is 3.71. The SMILES string of the molecule is Cc1ccc(-c2noc(COC(=O)CCC(=O)c3ccc(C)s3)n2)cc1. The normalized spacial score (nSPS) is 10.7. The molecule has 2 heterocycles. The van der Waals surface area contributed by atoms with Gasteiger partial charge in [0.15, 0.2) is 12.4 Å². The number of esters is 1. The van der Waals surface area contributed by atoms with Gasteiger partial charge in [-0.1, -0.05) is 35.0 Å². The van der Waals surface area contributed by atoms with E-state index in [2.05, 4.69) is 10.1 Å². The van der Waals surface area contributed by atoms with Crippen molar-refractivity contribution in [1.29, 1.82) is 0 Å². The number of ether oxygens (including phenoxy) is 1. The van der Waals surface area contributed by atoms with Crippen LogP contribution < -0.4 is 0 Å².